The van der Waals surface area contributed by atoms with Gasteiger partial charge in [0.05, 0.1) is 17.8 Å². The van der Waals surface area contributed by atoms with E-state index in [0.29, 0.717) is 24.6 Å². The average Bonchev–Trinajstić information content (AvgIpc) is 2.60. The van der Waals surface area contributed by atoms with Gasteiger partial charge in [0.15, 0.2) is 0 Å². The summed E-state index contributed by atoms with van der Waals surface area (Å²) in [6, 6.07) is 8.90. The predicted octanol–water partition coefficient (Wildman–Crippen LogP) is 1.74. The lowest BCUT2D eigenvalue weighted by Gasteiger charge is -2.36. The molecule has 126 valence electrons. The first kappa shape index (κ1) is 16.7. The number of hydrogen-bond donors (Lipinski definition) is 0. The standard InChI is InChI=1S/C18H17N5O2/c1-12-10-22(11-13(2)25-12)17-15(7-14(8-19)9-20)18(24)23-6-4-3-5-16(23)21-17/h3-7,12-13H,10-11H2,1-2H3. The van der Waals surface area contributed by atoms with Crippen LogP contribution in [-0.2, 0) is 4.74 Å². The molecule has 7 heteroatoms. The maximum absolute atomic E-state index is 12.9. The molecule has 2 unspecified atom stereocenters. The molecule has 3 rings (SSSR count). The molecule has 0 spiro atoms. The molecule has 0 bridgehead atoms. The Morgan fingerprint density at radius 3 is 2.60 bits per heavy atom. The maximum atomic E-state index is 12.9. The highest BCUT2D eigenvalue weighted by Gasteiger charge is 2.26. The summed E-state index contributed by atoms with van der Waals surface area (Å²) in [5, 5.41) is 18.1. The third-order valence-corrected chi connectivity index (χ3v) is 4.00. The largest absolute Gasteiger partial charge is 0.372 e. The molecule has 1 saturated heterocycles. The summed E-state index contributed by atoms with van der Waals surface area (Å²) < 4.78 is 7.16. The molecule has 0 amide bonds. The van der Waals surface area contributed by atoms with Crippen LogP contribution < -0.4 is 10.5 Å². The molecule has 0 aliphatic carbocycles. The van der Waals surface area contributed by atoms with Crippen LogP contribution >= 0.6 is 0 Å². The van der Waals surface area contributed by atoms with Crippen molar-refractivity contribution in [3.8, 4) is 12.1 Å². The molecule has 2 atom stereocenters. The van der Waals surface area contributed by atoms with Crippen LogP contribution in [0.2, 0.25) is 0 Å². The molecule has 1 aliphatic rings. The molecule has 0 saturated carbocycles. The van der Waals surface area contributed by atoms with Gasteiger partial charge in [0.1, 0.15) is 29.2 Å². The molecule has 7 nitrogen and oxygen atoms in total. The van der Waals surface area contributed by atoms with Crippen molar-refractivity contribution in [2.24, 2.45) is 0 Å². The summed E-state index contributed by atoms with van der Waals surface area (Å²) in [7, 11) is 0. The number of anilines is 1. The van der Waals surface area contributed by atoms with E-state index in [0.717, 1.165) is 0 Å². The first-order chi connectivity index (χ1) is 12.0. The molecule has 3 heterocycles. The first-order valence-electron chi connectivity index (χ1n) is 7.97. The van der Waals surface area contributed by atoms with Gasteiger partial charge in [0, 0.05) is 19.3 Å². The number of hydrogen-bond acceptors (Lipinski definition) is 6. The van der Waals surface area contributed by atoms with Gasteiger partial charge in [-0.25, -0.2) is 4.98 Å². The summed E-state index contributed by atoms with van der Waals surface area (Å²) >= 11 is 0. The zero-order valence-electron chi connectivity index (χ0n) is 14.0. The Bertz CT molecular complexity index is 954. The summed E-state index contributed by atoms with van der Waals surface area (Å²) in [6.07, 6.45) is 2.91. The number of allylic oxidation sites excluding steroid dienone is 1. The Balaban J connectivity index is 2.26. The minimum Gasteiger partial charge on any atom is -0.372 e. The van der Waals surface area contributed by atoms with Crippen LogP contribution in [0.1, 0.15) is 19.4 Å². The summed E-state index contributed by atoms with van der Waals surface area (Å²) in [5.41, 5.74) is 0.311. The molecular weight excluding hydrogens is 318 g/mol. The number of nitrogens with zero attached hydrogens (tertiary/aromatic N) is 5. The van der Waals surface area contributed by atoms with E-state index in [2.05, 4.69) is 4.98 Å². The minimum absolute atomic E-state index is 0.0111. The fourth-order valence-electron chi connectivity index (χ4n) is 3.04. The number of rotatable bonds is 2. The topological polar surface area (TPSA) is 94.4 Å². The number of morpholine rings is 1. The van der Waals surface area contributed by atoms with Gasteiger partial charge < -0.3 is 9.64 Å². The van der Waals surface area contributed by atoms with E-state index in [9.17, 15) is 4.79 Å². The normalized spacial score (nSPS) is 19.9. The van der Waals surface area contributed by atoms with Crippen LogP contribution in [0.3, 0.4) is 0 Å². The zero-order chi connectivity index (χ0) is 18.0. The van der Waals surface area contributed by atoms with Gasteiger partial charge in [-0.2, -0.15) is 10.5 Å². The monoisotopic (exact) mass is 335 g/mol. The predicted molar refractivity (Wildman–Crippen MR) is 92.9 cm³/mol. The van der Waals surface area contributed by atoms with Crippen molar-refractivity contribution in [3.63, 3.8) is 0 Å². The molecule has 0 N–H and O–H groups in total. The van der Waals surface area contributed by atoms with Crippen molar-refractivity contribution in [3.05, 3.63) is 45.9 Å². The lowest BCUT2D eigenvalue weighted by Crippen LogP contribution is -2.46. The van der Waals surface area contributed by atoms with Crippen LogP contribution in [0.15, 0.2) is 34.8 Å². The number of ether oxygens (including phenoxy) is 1. The number of nitriles is 2. The molecule has 0 radical (unpaired) electrons. The second-order valence-corrected chi connectivity index (χ2v) is 6.03. The summed E-state index contributed by atoms with van der Waals surface area (Å²) in [6.45, 7) is 5.08. The van der Waals surface area contributed by atoms with Gasteiger partial charge in [0.25, 0.3) is 5.56 Å². The van der Waals surface area contributed by atoms with Crippen molar-refractivity contribution >= 4 is 17.5 Å². The quantitative estimate of drug-likeness (QED) is 0.776. The first-order valence-corrected chi connectivity index (χ1v) is 7.97. The highest BCUT2D eigenvalue weighted by atomic mass is 16.5. The van der Waals surface area contributed by atoms with Crippen LogP contribution in [0, 0.1) is 22.7 Å². The van der Waals surface area contributed by atoms with E-state index >= 15 is 0 Å². The molecule has 25 heavy (non-hydrogen) atoms. The summed E-state index contributed by atoms with van der Waals surface area (Å²) in [4.78, 5) is 19.5. The molecule has 1 fully saturated rings. The van der Waals surface area contributed by atoms with Crippen molar-refractivity contribution in [2.45, 2.75) is 26.1 Å². The highest BCUT2D eigenvalue weighted by Crippen LogP contribution is 2.23. The highest BCUT2D eigenvalue weighted by molar-refractivity contribution is 5.71. The Labute approximate surface area is 145 Å². The SMILES string of the molecule is CC1CN(c2nc3ccccn3c(=O)c2C=C(C#N)C#N)CC(C)O1. The van der Waals surface area contributed by atoms with E-state index < -0.39 is 0 Å². The Kier molecular flexibility index (Phi) is 4.51. The van der Waals surface area contributed by atoms with Gasteiger partial charge in [-0.15, -0.1) is 0 Å². The lowest BCUT2D eigenvalue weighted by molar-refractivity contribution is -0.00546. The minimum atomic E-state index is -0.310. The number of aromatic nitrogens is 2. The maximum Gasteiger partial charge on any atom is 0.267 e. The fraction of sp³-hybridized carbons (Fsp3) is 0.333. The van der Waals surface area contributed by atoms with Gasteiger partial charge in [-0.05, 0) is 32.1 Å². The van der Waals surface area contributed by atoms with Crippen molar-refractivity contribution in [1.82, 2.24) is 9.38 Å². The van der Waals surface area contributed by atoms with Crippen LogP contribution in [0.5, 0.6) is 0 Å². The van der Waals surface area contributed by atoms with Gasteiger partial charge in [0.2, 0.25) is 0 Å². The fourth-order valence-corrected chi connectivity index (χ4v) is 3.04. The molecule has 1 aliphatic heterocycles. The van der Waals surface area contributed by atoms with E-state index in [4.69, 9.17) is 15.3 Å². The smallest absolute Gasteiger partial charge is 0.267 e. The lowest BCUT2D eigenvalue weighted by atomic mass is 10.1. The third-order valence-electron chi connectivity index (χ3n) is 4.00. The molecule has 2 aromatic heterocycles. The Morgan fingerprint density at radius 2 is 1.96 bits per heavy atom. The van der Waals surface area contributed by atoms with E-state index in [1.807, 2.05) is 24.8 Å². The van der Waals surface area contributed by atoms with E-state index in [1.165, 1.54) is 10.5 Å². The Hall–Kier alpha value is -3.16. The molecule has 0 aromatic carbocycles. The zero-order valence-corrected chi connectivity index (χ0v) is 14.0. The van der Waals surface area contributed by atoms with E-state index in [1.54, 1.807) is 30.5 Å². The number of fused-ring (bicyclic) bond motifs is 1. The van der Waals surface area contributed by atoms with Crippen LogP contribution in [-0.4, -0.2) is 34.7 Å². The number of pyridine rings is 1. The second-order valence-electron chi connectivity index (χ2n) is 6.03. The van der Waals surface area contributed by atoms with Crippen LogP contribution in [0.25, 0.3) is 11.7 Å². The van der Waals surface area contributed by atoms with E-state index in [-0.39, 0.29) is 28.9 Å². The van der Waals surface area contributed by atoms with Crippen LogP contribution in [0.4, 0.5) is 5.82 Å². The molecule has 2 aromatic rings. The van der Waals surface area contributed by atoms with Crippen molar-refractivity contribution in [1.29, 1.82) is 10.5 Å². The average molecular weight is 335 g/mol. The molecular formula is C18H17N5O2. The second kappa shape index (κ2) is 6.76. The Morgan fingerprint density at radius 1 is 1.28 bits per heavy atom. The van der Waals surface area contributed by atoms with Gasteiger partial charge in [-0.1, -0.05) is 6.07 Å². The third kappa shape index (κ3) is 3.23. The van der Waals surface area contributed by atoms with Gasteiger partial charge in [-0.3, -0.25) is 9.20 Å². The van der Waals surface area contributed by atoms with Crippen molar-refractivity contribution in [2.75, 3.05) is 18.0 Å². The van der Waals surface area contributed by atoms with Crippen molar-refractivity contribution < 1.29 is 4.74 Å². The van der Waals surface area contributed by atoms with Gasteiger partial charge >= 0.3 is 0 Å². The summed E-state index contributed by atoms with van der Waals surface area (Å²) in [5.74, 6) is 0.473.